The fourth-order valence-electron chi connectivity index (χ4n) is 2.28. The lowest BCUT2D eigenvalue weighted by Gasteiger charge is -2.22. The number of aromatic nitrogens is 3. The fraction of sp³-hybridized carbons (Fsp3) is 0.667. The van der Waals surface area contributed by atoms with Crippen LogP contribution >= 0.6 is 11.6 Å². The molecule has 0 spiro atoms. The minimum absolute atomic E-state index is 0.0187. The van der Waals surface area contributed by atoms with Crippen LogP contribution in [0.5, 0.6) is 6.01 Å². The average Bonchev–Trinajstić information content (AvgIpc) is 2.81. The van der Waals surface area contributed by atoms with Crippen LogP contribution in [-0.4, -0.2) is 47.6 Å². The van der Waals surface area contributed by atoms with Crippen molar-refractivity contribution >= 4 is 23.5 Å². The van der Waals surface area contributed by atoms with Crippen molar-refractivity contribution in [3.8, 4) is 6.01 Å². The quantitative estimate of drug-likeness (QED) is 0.889. The molecule has 2 rings (SSSR count). The number of amides is 1. The second kappa shape index (κ2) is 5.78. The molecule has 2 heterocycles. The Balaban J connectivity index is 2.19. The van der Waals surface area contributed by atoms with Gasteiger partial charge in [0.05, 0.1) is 12.0 Å². The molecule has 1 aliphatic rings. The summed E-state index contributed by atoms with van der Waals surface area (Å²) in [6.45, 7) is 5.46. The van der Waals surface area contributed by atoms with Crippen molar-refractivity contribution in [3.05, 3.63) is 5.28 Å². The summed E-state index contributed by atoms with van der Waals surface area (Å²) in [5.74, 6) is 0.464. The molecule has 0 saturated carbocycles. The SMILES string of the molecule is CCOc1nc(Cl)nc(N2CCC(C)(C(=O)NC)C2)n1. The van der Waals surface area contributed by atoms with Gasteiger partial charge in [-0.1, -0.05) is 0 Å². The third-order valence-electron chi connectivity index (χ3n) is 3.38. The molecule has 1 aliphatic heterocycles. The lowest BCUT2D eigenvalue weighted by molar-refractivity contribution is -0.128. The Bertz CT molecular complexity index is 513. The van der Waals surface area contributed by atoms with E-state index >= 15 is 0 Å². The number of carbonyl (C=O) groups is 1. The van der Waals surface area contributed by atoms with Gasteiger partial charge in [0.1, 0.15) is 0 Å². The Morgan fingerprint density at radius 2 is 2.25 bits per heavy atom. The van der Waals surface area contributed by atoms with E-state index in [4.69, 9.17) is 16.3 Å². The Labute approximate surface area is 122 Å². The molecule has 1 amide bonds. The van der Waals surface area contributed by atoms with Crippen LogP contribution in [-0.2, 0) is 4.79 Å². The number of hydrogen-bond donors (Lipinski definition) is 1. The first-order valence-corrected chi connectivity index (χ1v) is 6.88. The number of rotatable bonds is 4. The van der Waals surface area contributed by atoms with Crippen LogP contribution in [0.4, 0.5) is 5.95 Å². The van der Waals surface area contributed by atoms with Crippen molar-refractivity contribution in [2.45, 2.75) is 20.3 Å². The highest BCUT2D eigenvalue weighted by Crippen LogP contribution is 2.32. The Morgan fingerprint density at radius 1 is 1.50 bits per heavy atom. The topological polar surface area (TPSA) is 80.2 Å². The van der Waals surface area contributed by atoms with E-state index in [9.17, 15) is 4.79 Å². The molecule has 1 fully saturated rings. The number of nitrogens with one attached hydrogen (secondary N) is 1. The highest BCUT2D eigenvalue weighted by molar-refractivity contribution is 6.28. The first-order valence-electron chi connectivity index (χ1n) is 6.50. The fourth-order valence-corrected chi connectivity index (χ4v) is 2.42. The molecule has 7 nitrogen and oxygen atoms in total. The van der Waals surface area contributed by atoms with E-state index in [0.717, 1.165) is 6.42 Å². The largest absolute Gasteiger partial charge is 0.464 e. The van der Waals surface area contributed by atoms with Crippen LogP contribution in [0.15, 0.2) is 0 Å². The van der Waals surface area contributed by atoms with Gasteiger partial charge in [-0.3, -0.25) is 4.79 Å². The van der Waals surface area contributed by atoms with E-state index in [-0.39, 0.29) is 17.2 Å². The van der Waals surface area contributed by atoms with E-state index in [1.165, 1.54) is 0 Å². The molecule has 0 aromatic carbocycles. The Hall–Kier alpha value is -1.63. The molecule has 1 unspecified atom stereocenters. The first-order chi connectivity index (χ1) is 9.48. The first kappa shape index (κ1) is 14.8. The van der Waals surface area contributed by atoms with Gasteiger partial charge in [-0.2, -0.15) is 15.0 Å². The molecule has 0 aliphatic carbocycles. The maximum Gasteiger partial charge on any atom is 0.322 e. The van der Waals surface area contributed by atoms with Crippen molar-refractivity contribution in [2.75, 3.05) is 31.6 Å². The minimum Gasteiger partial charge on any atom is -0.464 e. The Kier molecular flexibility index (Phi) is 4.27. The number of ether oxygens (including phenoxy) is 1. The molecule has 20 heavy (non-hydrogen) atoms. The van der Waals surface area contributed by atoms with Gasteiger partial charge in [0.25, 0.3) is 0 Å². The molecule has 1 saturated heterocycles. The highest BCUT2D eigenvalue weighted by Gasteiger charge is 2.40. The lowest BCUT2D eigenvalue weighted by Crippen LogP contribution is -2.39. The van der Waals surface area contributed by atoms with Gasteiger partial charge in [-0.05, 0) is 31.9 Å². The monoisotopic (exact) mass is 299 g/mol. The predicted octanol–water partition coefficient (Wildman–Crippen LogP) is 0.886. The highest BCUT2D eigenvalue weighted by atomic mass is 35.5. The van der Waals surface area contributed by atoms with Crippen LogP contribution in [0.3, 0.4) is 0 Å². The number of carbonyl (C=O) groups excluding carboxylic acids is 1. The molecule has 110 valence electrons. The normalized spacial score (nSPS) is 21.9. The van der Waals surface area contributed by atoms with Crippen molar-refractivity contribution in [3.63, 3.8) is 0 Å². The molecule has 0 radical (unpaired) electrons. The number of hydrogen-bond acceptors (Lipinski definition) is 6. The van der Waals surface area contributed by atoms with E-state index in [0.29, 0.717) is 25.6 Å². The molecule has 1 aromatic rings. The maximum absolute atomic E-state index is 11.9. The molecule has 8 heteroatoms. The van der Waals surface area contributed by atoms with Crippen LogP contribution in [0, 0.1) is 5.41 Å². The maximum atomic E-state index is 11.9. The summed E-state index contributed by atoms with van der Waals surface area (Å²) in [5.41, 5.74) is -0.445. The molecular formula is C12H18ClN5O2. The molecule has 1 N–H and O–H groups in total. The average molecular weight is 300 g/mol. The summed E-state index contributed by atoms with van der Waals surface area (Å²) in [6, 6.07) is 0.205. The van der Waals surface area contributed by atoms with Crippen LogP contribution < -0.4 is 15.0 Å². The van der Waals surface area contributed by atoms with Gasteiger partial charge in [-0.15, -0.1) is 0 Å². The second-order valence-corrected chi connectivity index (χ2v) is 5.27. The smallest absolute Gasteiger partial charge is 0.322 e. The zero-order valence-corrected chi connectivity index (χ0v) is 12.6. The summed E-state index contributed by atoms with van der Waals surface area (Å²) >= 11 is 5.88. The van der Waals surface area contributed by atoms with E-state index < -0.39 is 5.41 Å². The van der Waals surface area contributed by atoms with E-state index in [1.54, 1.807) is 7.05 Å². The van der Waals surface area contributed by atoms with Crippen LogP contribution in [0.2, 0.25) is 5.28 Å². The zero-order valence-electron chi connectivity index (χ0n) is 11.8. The third-order valence-corrected chi connectivity index (χ3v) is 3.55. The predicted molar refractivity (Wildman–Crippen MR) is 75.0 cm³/mol. The Morgan fingerprint density at radius 3 is 2.90 bits per heavy atom. The number of halogens is 1. The van der Waals surface area contributed by atoms with Gasteiger partial charge >= 0.3 is 6.01 Å². The minimum atomic E-state index is -0.445. The standard InChI is InChI=1S/C12H18ClN5O2/c1-4-20-11-16-9(13)15-10(17-11)18-6-5-12(2,7-18)8(19)14-3/h4-7H2,1-3H3,(H,14,19). The summed E-state index contributed by atoms with van der Waals surface area (Å²) in [7, 11) is 1.64. The summed E-state index contributed by atoms with van der Waals surface area (Å²) in [6.07, 6.45) is 0.736. The number of anilines is 1. The zero-order chi connectivity index (χ0) is 14.8. The lowest BCUT2D eigenvalue weighted by atomic mass is 9.89. The van der Waals surface area contributed by atoms with Crippen molar-refractivity contribution in [1.29, 1.82) is 0 Å². The van der Waals surface area contributed by atoms with Crippen LogP contribution in [0.1, 0.15) is 20.3 Å². The van der Waals surface area contributed by atoms with Gasteiger partial charge in [0.15, 0.2) is 0 Å². The van der Waals surface area contributed by atoms with Gasteiger partial charge in [0, 0.05) is 20.1 Å². The van der Waals surface area contributed by atoms with Crippen molar-refractivity contribution in [2.24, 2.45) is 5.41 Å². The van der Waals surface area contributed by atoms with Gasteiger partial charge in [-0.25, -0.2) is 0 Å². The second-order valence-electron chi connectivity index (χ2n) is 4.93. The molecule has 0 bridgehead atoms. The number of nitrogens with zero attached hydrogens (tertiary/aromatic N) is 4. The molecule has 1 aromatic heterocycles. The van der Waals surface area contributed by atoms with Crippen LogP contribution in [0.25, 0.3) is 0 Å². The molecular weight excluding hydrogens is 282 g/mol. The van der Waals surface area contributed by atoms with E-state index in [1.807, 2.05) is 18.7 Å². The summed E-state index contributed by atoms with van der Waals surface area (Å²) < 4.78 is 5.25. The van der Waals surface area contributed by atoms with Gasteiger partial charge < -0.3 is 15.0 Å². The summed E-state index contributed by atoms with van der Waals surface area (Å²) in [5, 5.41) is 2.78. The van der Waals surface area contributed by atoms with Crippen molar-refractivity contribution < 1.29 is 9.53 Å². The van der Waals surface area contributed by atoms with Gasteiger partial charge in [0.2, 0.25) is 17.1 Å². The molecule has 1 atom stereocenters. The van der Waals surface area contributed by atoms with Crippen molar-refractivity contribution in [1.82, 2.24) is 20.3 Å². The third kappa shape index (κ3) is 2.92. The van der Waals surface area contributed by atoms with E-state index in [2.05, 4.69) is 20.3 Å². The summed E-state index contributed by atoms with van der Waals surface area (Å²) in [4.78, 5) is 26.1.